The van der Waals surface area contributed by atoms with E-state index in [9.17, 15) is 0 Å². The summed E-state index contributed by atoms with van der Waals surface area (Å²) >= 11 is 0. The van der Waals surface area contributed by atoms with E-state index in [1.165, 1.54) is 6.26 Å². The van der Waals surface area contributed by atoms with Gasteiger partial charge in [0.2, 0.25) is 0 Å². The van der Waals surface area contributed by atoms with E-state index in [-0.39, 0.29) is 5.76 Å². The molecule has 0 radical (unpaired) electrons. The zero-order valence-electron chi connectivity index (χ0n) is 8.22. The van der Waals surface area contributed by atoms with Gasteiger partial charge in [-0.05, 0) is 18.2 Å². The van der Waals surface area contributed by atoms with Crippen molar-refractivity contribution in [3.05, 3.63) is 54.2 Å². The van der Waals surface area contributed by atoms with Gasteiger partial charge in [-0.2, -0.15) is 0 Å². The molecule has 0 unspecified atom stereocenters. The van der Waals surface area contributed by atoms with Crippen molar-refractivity contribution in [3.63, 3.8) is 0 Å². The van der Waals surface area contributed by atoms with Gasteiger partial charge in [0.25, 0.3) is 0 Å². The van der Waals surface area contributed by atoms with Gasteiger partial charge < -0.3 is 14.6 Å². The summed E-state index contributed by atoms with van der Waals surface area (Å²) in [5, 5.41) is 9.06. The normalized spacial score (nSPS) is 14.9. The second-order valence-electron chi connectivity index (χ2n) is 3.20. The van der Waals surface area contributed by atoms with Crippen molar-refractivity contribution in [2.45, 2.75) is 6.42 Å². The molecular weight excluding hydrogens is 192 g/mol. The van der Waals surface area contributed by atoms with Gasteiger partial charge in [0.05, 0.1) is 0 Å². The number of hydrogen-bond donors (Lipinski definition) is 1. The molecule has 0 aliphatic carbocycles. The molecular formula is C12H12O3. The molecule has 1 heterocycles. The minimum atomic E-state index is 0.235. The van der Waals surface area contributed by atoms with Crippen molar-refractivity contribution in [3.8, 4) is 5.75 Å². The number of ether oxygens (including phenoxy) is 2. The molecule has 0 aromatic heterocycles. The largest absolute Gasteiger partial charge is 0.509 e. The Kier molecular flexibility index (Phi) is 2.93. The average Bonchev–Trinajstić information content (AvgIpc) is 2.30. The molecule has 1 aromatic rings. The number of benzene rings is 1. The summed E-state index contributed by atoms with van der Waals surface area (Å²) in [6.45, 7) is 0.383. The van der Waals surface area contributed by atoms with Crippen molar-refractivity contribution in [2.75, 3.05) is 6.61 Å². The van der Waals surface area contributed by atoms with Crippen molar-refractivity contribution in [1.82, 2.24) is 0 Å². The van der Waals surface area contributed by atoms with Crippen LogP contribution >= 0.6 is 0 Å². The van der Waals surface area contributed by atoms with Crippen LogP contribution in [0, 0.1) is 0 Å². The molecule has 0 saturated heterocycles. The van der Waals surface area contributed by atoms with Crippen molar-refractivity contribution < 1.29 is 14.6 Å². The van der Waals surface area contributed by atoms with E-state index in [1.807, 2.05) is 30.3 Å². The summed E-state index contributed by atoms with van der Waals surface area (Å²) in [5.41, 5.74) is 0. The first-order chi connectivity index (χ1) is 7.34. The Bertz CT molecular complexity index is 379. The van der Waals surface area contributed by atoms with Gasteiger partial charge in [0.1, 0.15) is 30.1 Å². The third-order valence-corrected chi connectivity index (χ3v) is 2.01. The van der Waals surface area contributed by atoms with Crippen LogP contribution in [0.2, 0.25) is 0 Å². The summed E-state index contributed by atoms with van der Waals surface area (Å²) in [4.78, 5) is 0. The number of aliphatic hydroxyl groups is 1. The maximum Gasteiger partial charge on any atom is 0.145 e. The van der Waals surface area contributed by atoms with E-state index in [2.05, 4.69) is 0 Å². The Morgan fingerprint density at radius 1 is 1.27 bits per heavy atom. The maximum atomic E-state index is 9.06. The van der Waals surface area contributed by atoms with Crippen LogP contribution in [0.15, 0.2) is 54.2 Å². The van der Waals surface area contributed by atoms with Crippen LogP contribution in [-0.2, 0) is 4.74 Å². The Balaban J connectivity index is 1.85. The van der Waals surface area contributed by atoms with Crippen LogP contribution in [0.3, 0.4) is 0 Å². The van der Waals surface area contributed by atoms with Gasteiger partial charge in [-0.1, -0.05) is 18.2 Å². The summed E-state index contributed by atoms with van der Waals surface area (Å²) in [6.07, 6.45) is 3.65. The average molecular weight is 204 g/mol. The molecule has 0 atom stereocenters. The highest BCUT2D eigenvalue weighted by atomic mass is 16.5. The minimum Gasteiger partial charge on any atom is -0.509 e. The molecule has 0 spiro atoms. The fourth-order valence-corrected chi connectivity index (χ4v) is 1.22. The summed E-state index contributed by atoms with van der Waals surface area (Å²) in [6, 6.07) is 9.53. The summed E-state index contributed by atoms with van der Waals surface area (Å²) < 4.78 is 10.6. The lowest BCUT2D eigenvalue weighted by molar-refractivity contribution is 0.226. The maximum absolute atomic E-state index is 9.06. The van der Waals surface area contributed by atoms with E-state index < -0.39 is 0 Å². The topological polar surface area (TPSA) is 38.7 Å². The Morgan fingerprint density at radius 3 is 2.73 bits per heavy atom. The molecule has 1 aromatic carbocycles. The molecule has 1 N–H and O–H groups in total. The Morgan fingerprint density at radius 2 is 2.07 bits per heavy atom. The minimum absolute atomic E-state index is 0.235. The number of hydrogen-bond acceptors (Lipinski definition) is 3. The van der Waals surface area contributed by atoms with Gasteiger partial charge in [-0.3, -0.25) is 0 Å². The molecule has 2 rings (SSSR count). The third-order valence-electron chi connectivity index (χ3n) is 2.01. The fourth-order valence-electron chi connectivity index (χ4n) is 1.22. The summed E-state index contributed by atoms with van der Waals surface area (Å²) in [7, 11) is 0. The predicted molar refractivity (Wildman–Crippen MR) is 56.4 cm³/mol. The van der Waals surface area contributed by atoms with E-state index in [4.69, 9.17) is 14.6 Å². The second-order valence-corrected chi connectivity index (χ2v) is 3.20. The summed E-state index contributed by atoms with van der Waals surface area (Å²) in [5.74, 6) is 1.76. The monoisotopic (exact) mass is 204 g/mol. The van der Waals surface area contributed by atoms with Crippen LogP contribution in [0.25, 0.3) is 0 Å². The van der Waals surface area contributed by atoms with Crippen molar-refractivity contribution >= 4 is 0 Å². The molecule has 1 aliphatic rings. The predicted octanol–water partition coefficient (Wildman–Crippen LogP) is 2.77. The highest BCUT2D eigenvalue weighted by Crippen LogP contribution is 2.15. The lowest BCUT2D eigenvalue weighted by Gasteiger charge is -2.12. The molecule has 3 heteroatoms. The Labute approximate surface area is 88.3 Å². The molecule has 1 aliphatic heterocycles. The lowest BCUT2D eigenvalue weighted by atomic mass is 10.3. The van der Waals surface area contributed by atoms with E-state index in [0.29, 0.717) is 13.0 Å². The first-order valence-electron chi connectivity index (χ1n) is 4.76. The third kappa shape index (κ3) is 2.77. The zero-order valence-corrected chi connectivity index (χ0v) is 8.22. The quantitative estimate of drug-likeness (QED) is 0.822. The first kappa shape index (κ1) is 9.65. The van der Waals surface area contributed by atoms with Gasteiger partial charge in [-0.15, -0.1) is 0 Å². The SMILES string of the molecule is OC1=COC(COc2ccccc2)=CC1. The van der Waals surface area contributed by atoms with Gasteiger partial charge >= 0.3 is 0 Å². The van der Waals surface area contributed by atoms with Crippen LogP contribution < -0.4 is 4.74 Å². The van der Waals surface area contributed by atoms with Crippen LogP contribution in [-0.4, -0.2) is 11.7 Å². The lowest BCUT2D eigenvalue weighted by Crippen LogP contribution is -2.05. The van der Waals surface area contributed by atoms with Crippen LogP contribution in [0.4, 0.5) is 0 Å². The second kappa shape index (κ2) is 4.55. The highest BCUT2D eigenvalue weighted by molar-refractivity contribution is 5.21. The molecule has 0 saturated carbocycles. The molecule has 0 bridgehead atoms. The molecule has 3 nitrogen and oxygen atoms in total. The van der Waals surface area contributed by atoms with Gasteiger partial charge in [0, 0.05) is 6.42 Å². The Hall–Kier alpha value is -1.90. The molecule has 78 valence electrons. The smallest absolute Gasteiger partial charge is 0.145 e. The van der Waals surface area contributed by atoms with Crippen LogP contribution in [0.5, 0.6) is 5.75 Å². The van der Waals surface area contributed by atoms with Crippen molar-refractivity contribution in [2.24, 2.45) is 0 Å². The number of para-hydroxylation sites is 1. The first-order valence-corrected chi connectivity index (χ1v) is 4.76. The molecule has 0 amide bonds. The number of rotatable bonds is 3. The standard InChI is InChI=1S/C12H12O3/c13-10-6-7-12(14-8-10)9-15-11-4-2-1-3-5-11/h1-5,7-8,13H,6,9H2. The van der Waals surface area contributed by atoms with Gasteiger partial charge in [-0.25, -0.2) is 0 Å². The highest BCUT2D eigenvalue weighted by Gasteiger charge is 2.05. The van der Waals surface area contributed by atoms with Gasteiger partial charge in [0.15, 0.2) is 0 Å². The van der Waals surface area contributed by atoms with Crippen molar-refractivity contribution in [1.29, 1.82) is 0 Å². The fraction of sp³-hybridized carbons (Fsp3) is 0.167. The zero-order chi connectivity index (χ0) is 10.5. The number of aliphatic hydroxyl groups excluding tert-OH is 1. The van der Waals surface area contributed by atoms with E-state index in [0.717, 1.165) is 11.5 Å². The van der Waals surface area contributed by atoms with E-state index >= 15 is 0 Å². The number of allylic oxidation sites excluding steroid dienone is 1. The van der Waals surface area contributed by atoms with Crippen LogP contribution in [0.1, 0.15) is 6.42 Å². The molecule has 0 fully saturated rings. The molecule has 15 heavy (non-hydrogen) atoms. The van der Waals surface area contributed by atoms with E-state index in [1.54, 1.807) is 6.08 Å².